The van der Waals surface area contributed by atoms with Crippen LogP contribution >= 0.6 is 0 Å². The smallest absolute Gasteiger partial charge is 0.269 e. The second-order valence-electron chi connectivity index (χ2n) is 7.72. The van der Waals surface area contributed by atoms with Gasteiger partial charge < -0.3 is 9.74 Å². The van der Waals surface area contributed by atoms with E-state index in [0.717, 1.165) is 5.56 Å². The fourth-order valence-corrected chi connectivity index (χ4v) is 3.88. The van der Waals surface area contributed by atoms with E-state index in [-0.39, 0.29) is 23.4 Å². The van der Waals surface area contributed by atoms with Gasteiger partial charge in [-0.15, -0.1) is 0 Å². The lowest BCUT2D eigenvalue weighted by molar-refractivity contribution is -0.154. The zero-order valence-electron chi connectivity index (χ0n) is 16.2. The van der Waals surface area contributed by atoms with Crippen molar-refractivity contribution in [2.24, 2.45) is 11.1 Å². The second-order valence-corrected chi connectivity index (χ2v) is 7.72. The van der Waals surface area contributed by atoms with Crippen molar-refractivity contribution in [2.45, 2.75) is 31.8 Å². The molecule has 2 aliphatic heterocycles. The van der Waals surface area contributed by atoms with E-state index in [1.165, 1.54) is 12.1 Å². The number of nitrogens with zero attached hydrogens (tertiary/aromatic N) is 3. The molecule has 4 rings (SSSR count). The van der Waals surface area contributed by atoms with Gasteiger partial charge in [0.1, 0.15) is 5.82 Å². The molecule has 0 aliphatic carbocycles. The molecule has 7 heteroatoms. The van der Waals surface area contributed by atoms with Crippen molar-refractivity contribution in [3.05, 3.63) is 65.7 Å². The molecule has 0 bridgehead atoms. The lowest BCUT2D eigenvalue weighted by atomic mass is 9.88. The van der Waals surface area contributed by atoms with E-state index in [9.17, 15) is 14.0 Å². The highest BCUT2D eigenvalue weighted by molar-refractivity contribution is 6.05. The van der Waals surface area contributed by atoms with Crippen LogP contribution in [0.3, 0.4) is 0 Å². The molecule has 2 aromatic rings. The summed E-state index contributed by atoms with van der Waals surface area (Å²) in [5.74, 6) is -0.483. The molecule has 1 aromatic carbocycles. The Morgan fingerprint density at radius 3 is 2.55 bits per heavy atom. The van der Waals surface area contributed by atoms with Crippen LogP contribution in [0.5, 0.6) is 0 Å². The molecule has 2 aliphatic rings. The zero-order valence-corrected chi connectivity index (χ0v) is 16.2. The molecule has 1 atom stereocenters. The van der Waals surface area contributed by atoms with Crippen molar-refractivity contribution in [3.8, 4) is 0 Å². The van der Waals surface area contributed by atoms with Gasteiger partial charge in [-0.25, -0.2) is 4.39 Å². The van der Waals surface area contributed by atoms with Crippen LogP contribution in [0.15, 0.2) is 53.9 Å². The lowest BCUT2D eigenvalue weighted by Gasteiger charge is -2.35. The highest BCUT2D eigenvalue weighted by atomic mass is 19.1. The molecule has 0 saturated carbocycles. The van der Waals surface area contributed by atoms with Crippen LogP contribution in [-0.2, 0) is 9.63 Å². The predicted molar refractivity (Wildman–Crippen MR) is 105 cm³/mol. The molecule has 1 fully saturated rings. The van der Waals surface area contributed by atoms with Gasteiger partial charge in [-0.1, -0.05) is 17.3 Å². The zero-order chi connectivity index (χ0) is 20.4. The molecule has 29 heavy (non-hydrogen) atoms. The number of Topliss-reactive ketones (excluding diaryl/α,β-unsaturated/α-hetero) is 1. The molecule has 1 saturated heterocycles. The van der Waals surface area contributed by atoms with Gasteiger partial charge in [0.15, 0.2) is 5.78 Å². The predicted octanol–water partition coefficient (Wildman–Crippen LogP) is 3.23. The Morgan fingerprint density at radius 2 is 1.90 bits per heavy atom. The summed E-state index contributed by atoms with van der Waals surface area (Å²) >= 11 is 0. The van der Waals surface area contributed by atoms with Gasteiger partial charge in [0.05, 0.1) is 5.71 Å². The number of pyridine rings is 1. The topological polar surface area (TPSA) is 71.9 Å². The second kappa shape index (κ2) is 7.73. The van der Waals surface area contributed by atoms with Crippen molar-refractivity contribution in [3.63, 3.8) is 0 Å². The first-order chi connectivity index (χ1) is 14.0. The lowest BCUT2D eigenvalue weighted by Crippen LogP contribution is -2.50. The van der Waals surface area contributed by atoms with Crippen LogP contribution in [0.2, 0.25) is 0 Å². The first-order valence-electron chi connectivity index (χ1n) is 9.71. The maximum absolute atomic E-state index is 13.1. The molecule has 0 radical (unpaired) electrons. The van der Waals surface area contributed by atoms with Crippen LogP contribution in [0.25, 0.3) is 0 Å². The number of piperidine rings is 1. The number of carbonyl (C=O) groups is 2. The first kappa shape index (κ1) is 19.2. The standard InChI is InChI=1S/C22H22FN3O3/c1-22(13-19(25-29-22)15-4-6-18(23)7-5-15)21(28)26-11-8-16(9-12-26)20(27)17-3-2-10-24-14-17/h2-7,10,14,16H,8-9,11-13H2,1H3/t22-/m1/s1. The van der Waals surface area contributed by atoms with Crippen LogP contribution in [-0.4, -0.2) is 46.0 Å². The van der Waals surface area contributed by atoms with Crippen LogP contribution in [0.4, 0.5) is 4.39 Å². The number of hydrogen-bond acceptors (Lipinski definition) is 5. The van der Waals surface area contributed by atoms with Gasteiger partial charge in [-0.05, 0) is 49.6 Å². The number of aromatic nitrogens is 1. The molecular formula is C22H22FN3O3. The van der Waals surface area contributed by atoms with E-state index in [0.29, 0.717) is 43.6 Å². The number of benzene rings is 1. The summed E-state index contributed by atoms with van der Waals surface area (Å²) in [6.45, 7) is 2.73. The number of oxime groups is 1. The summed E-state index contributed by atoms with van der Waals surface area (Å²) in [4.78, 5) is 37.0. The SMILES string of the molecule is C[C@]1(C(=O)N2CCC(C(=O)c3cccnc3)CC2)CC(c2ccc(F)cc2)=NO1. The van der Waals surface area contributed by atoms with Crippen LogP contribution in [0, 0.1) is 11.7 Å². The Kier molecular flexibility index (Phi) is 5.13. The normalized spacial score (nSPS) is 22.1. The van der Waals surface area contributed by atoms with Crippen LogP contribution < -0.4 is 0 Å². The Morgan fingerprint density at radius 1 is 1.17 bits per heavy atom. The number of likely N-dealkylation sites (tertiary alicyclic amines) is 1. The third-order valence-electron chi connectivity index (χ3n) is 5.59. The monoisotopic (exact) mass is 395 g/mol. The molecule has 0 N–H and O–H groups in total. The molecule has 0 unspecified atom stereocenters. The Labute approximate surface area is 168 Å². The first-order valence-corrected chi connectivity index (χ1v) is 9.71. The summed E-state index contributed by atoms with van der Waals surface area (Å²) in [5.41, 5.74) is 0.899. The Balaban J connectivity index is 1.36. The molecule has 3 heterocycles. The number of rotatable bonds is 4. The largest absolute Gasteiger partial charge is 0.379 e. The van der Waals surface area contributed by atoms with Gasteiger partial charge in [0.2, 0.25) is 5.60 Å². The average molecular weight is 395 g/mol. The van der Waals surface area contributed by atoms with Crippen LogP contribution in [0.1, 0.15) is 42.1 Å². The van der Waals surface area contributed by atoms with Gasteiger partial charge in [0.25, 0.3) is 5.91 Å². The molecule has 1 aromatic heterocycles. The summed E-state index contributed by atoms with van der Waals surface area (Å²) in [6.07, 6.45) is 4.78. The van der Waals surface area contributed by atoms with E-state index in [1.807, 2.05) is 0 Å². The fraction of sp³-hybridized carbons (Fsp3) is 0.364. The third kappa shape index (κ3) is 3.90. The van der Waals surface area contributed by atoms with Crippen molar-refractivity contribution >= 4 is 17.4 Å². The molecule has 1 amide bonds. The quantitative estimate of drug-likeness (QED) is 0.745. The summed E-state index contributed by atoms with van der Waals surface area (Å²) < 4.78 is 13.1. The highest BCUT2D eigenvalue weighted by Crippen LogP contribution is 2.31. The molecule has 150 valence electrons. The van der Waals surface area contributed by atoms with Crippen molar-refractivity contribution in [1.82, 2.24) is 9.88 Å². The highest BCUT2D eigenvalue weighted by Gasteiger charge is 2.45. The van der Waals surface area contributed by atoms with E-state index < -0.39 is 5.60 Å². The van der Waals surface area contributed by atoms with E-state index >= 15 is 0 Å². The molecular weight excluding hydrogens is 373 g/mol. The number of amides is 1. The van der Waals surface area contributed by atoms with Gasteiger partial charge >= 0.3 is 0 Å². The third-order valence-corrected chi connectivity index (χ3v) is 5.59. The fourth-order valence-electron chi connectivity index (χ4n) is 3.88. The van der Waals surface area contributed by atoms with Gasteiger partial charge in [-0.2, -0.15) is 0 Å². The minimum atomic E-state index is -1.08. The minimum absolute atomic E-state index is 0.0791. The average Bonchev–Trinajstić information content (AvgIpc) is 3.17. The summed E-state index contributed by atoms with van der Waals surface area (Å²) in [6, 6.07) is 9.50. The molecule has 0 spiro atoms. The van der Waals surface area contributed by atoms with Gasteiger partial charge in [-0.3, -0.25) is 14.6 Å². The minimum Gasteiger partial charge on any atom is -0.379 e. The maximum Gasteiger partial charge on any atom is 0.269 e. The summed E-state index contributed by atoms with van der Waals surface area (Å²) in [5, 5.41) is 4.07. The Bertz CT molecular complexity index is 938. The number of halogens is 1. The van der Waals surface area contributed by atoms with E-state index in [4.69, 9.17) is 4.84 Å². The number of ketones is 1. The summed E-state index contributed by atoms with van der Waals surface area (Å²) in [7, 11) is 0. The number of hydrogen-bond donors (Lipinski definition) is 0. The Hall–Kier alpha value is -3.09. The van der Waals surface area contributed by atoms with Crippen molar-refractivity contribution in [2.75, 3.05) is 13.1 Å². The van der Waals surface area contributed by atoms with Crippen molar-refractivity contribution < 1.29 is 18.8 Å². The van der Waals surface area contributed by atoms with Gasteiger partial charge in [0, 0.05) is 43.4 Å². The van der Waals surface area contributed by atoms with E-state index in [1.54, 1.807) is 48.5 Å². The molecule has 6 nitrogen and oxygen atoms in total. The van der Waals surface area contributed by atoms with E-state index in [2.05, 4.69) is 10.1 Å². The maximum atomic E-state index is 13.1. The number of carbonyl (C=O) groups excluding carboxylic acids is 2. The van der Waals surface area contributed by atoms with Crippen molar-refractivity contribution in [1.29, 1.82) is 0 Å².